The number of carbonyl (C=O) groups is 2. The number of carboxylic acids is 1. The first kappa shape index (κ1) is 13.7. The molecular formula is C12H15N3O3. The van der Waals surface area contributed by atoms with Gasteiger partial charge in [0.15, 0.2) is 0 Å². The van der Waals surface area contributed by atoms with Gasteiger partial charge < -0.3 is 16.2 Å². The Kier molecular flexibility index (Phi) is 4.86. The molecule has 0 aliphatic carbocycles. The van der Waals surface area contributed by atoms with Gasteiger partial charge in [-0.05, 0) is 30.7 Å². The predicted octanol–water partition coefficient (Wildman–Crippen LogP) is 1.16. The first-order chi connectivity index (χ1) is 8.49. The van der Waals surface area contributed by atoms with E-state index in [0.717, 1.165) is 0 Å². The molecule has 6 nitrogen and oxygen atoms in total. The van der Waals surface area contributed by atoms with Gasteiger partial charge in [0.05, 0.1) is 0 Å². The van der Waals surface area contributed by atoms with Gasteiger partial charge in [-0.15, -0.1) is 0 Å². The Morgan fingerprint density at radius 3 is 2.33 bits per heavy atom. The minimum absolute atomic E-state index is 0.0172. The average Bonchev–Trinajstić information content (AvgIpc) is 2.29. The maximum atomic E-state index is 11.4. The van der Waals surface area contributed by atoms with E-state index >= 15 is 0 Å². The summed E-state index contributed by atoms with van der Waals surface area (Å²) in [6, 6.07) is 6.56. The molecule has 1 aromatic rings. The number of hydrogen-bond donors (Lipinski definition) is 4. The molecule has 1 aromatic carbocycles. The highest BCUT2D eigenvalue weighted by molar-refractivity contribution is 5.96. The summed E-state index contributed by atoms with van der Waals surface area (Å²) in [6.07, 6.45) is 0.462. The van der Waals surface area contributed by atoms with Crippen molar-refractivity contribution in [2.45, 2.75) is 19.3 Å². The Hall–Kier alpha value is -2.37. The van der Waals surface area contributed by atoms with Crippen molar-refractivity contribution < 1.29 is 14.7 Å². The number of rotatable bonds is 6. The summed E-state index contributed by atoms with van der Waals surface area (Å²) in [4.78, 5) is 21.7. The number of amidine groups is 1. The lowest BCUT2D eigenvalue weighted by molar-refractivity contribution is -0.137. The van der Waals surface area contributed by atoms with Crippen molar-refractivity contribution in [1.82, 2.24) is 0 Å². The third kappa shape index (κ3) is 4.65. The molecule has 0 saturated heterocycles. The van der Waals surface area contributed by atoms with Crippen LogP contribution in [0, 0.1) is 5.41 Å². The molecule has 18 heavy (non-hydrogen) atoms. The van der Waals surface area contributed by atoms with Gasteiger partial charge >= 0.3 is 5.97 Å². The monoisotopic (exact) mass is 249 g/mol. The molecule has 0 aliphatic rings. The summed E-state index contributed by atoms with van der Waals surface area (Å²) in [5.41, 5.74) is 6.48. The van der Waals surface area contributed by atoms with Crippen LogP contribution in [0.3, 0.4) is 0 Å². The molecule has 0 bridgehead atoms. The summed E-state index contributed by atoms with van der Waals surface area (Å²) >= 11 is 0. The SMILES string of the molecule is N=C(N)c1ccc(NC(=O)CCCC(=O)O)cc1. The normalized spacial score (nSPS) is 9.78. The lowest BCUT2D eigenvalue weighted by Gasteiger charge is -2.05. The van der Waals surface area contributed by atoms with Gasteiger partial charge in [0.25, 0.3) is 0 Å². The highest BCUT2D eigenvalue weighted by Crippen LogP contribution is 2.10. The van der Waals surface area contributed by atoms with Crippen LogP contribution in [0.1, 0.15) is 24.8 Å². The van der Waals surface area contributed by atoms with E-state index in [4.69, 9.17) is 16.2 Å². The molecule has 0 saturated carbocycles. The summed E-state index contributed by atoms with van der Waals surface area (Å²) in [5, 5.41) is 18.3. The second kappa shape index (κ2) is 6.39. The van der Waals surface area contributed by atoms with E-state index in [1.807, 2.05) is 0 Å². The van der Waals surface area contributed by atoms with Crippen LogP contribution in [0.5, 0.6) is 0 Å². The molecule has 0 heterocycles. The molecule has 0 aliphatic heterocycles. The van der Waals surface area contributed by atoms with E-state index in [0.29, 0.717) is 17.7 Å². The number of nitrogens with two attached hydrogens (primary N) is 1. The quantitative estimate of drug-likeness (QED) is 0.447. The summed E-state index contributed by atoms with van der Waals surface area (Å²) in [7, 11) is 0. The molecule has 1 amide bonds. The fourth-order valence-corrected chi connectivity index (χ4v) is 1.36. The van der Waals surface area contributed by atoms with Crippen molar-refractivity contribution in [2.75, 3.05) is 5.32 Å². The molecule has 5 N–H and O–H groups in total. The Morgan fingerprint density at radius 2 is 1.83 bits per heavy atom. The Labute approximate surface area is 104 Å². The second-order valence-electron chi connectivity index (χ2n) is 3.79. The Balaban J connectivity index is 2.44. The van der Waals surface area contributed by atoms with Crippen LogP contribution in [-0.4, -0.2) is 22.8 Å². The van der Waals surface area contributed by atoms with Crippen LogP contribution in [0.15, 0.2) is 24.3 Å². The van der Waals surface area contributed by atoms with Crippen LogP contribution in [0.2, 0.25) is 0 Å². The highest BCUT2D eigenvalue weighted by atomic mass is 16.4. The van der Waals surface area contributed by atoms with E-state index in [1.165, 1.54) is 0 Å². The first-order valence-corrected chi connectivity index (χ1v) is 5.45. The Bertz CT molecular complexity index is 454. The fourth-order valence-electron chi connectivity index (χ4n) is 1.36. The zero-order chi connectivity index (χ0) is 13.5. The molecular weight excluding hydrogens is 234 g/mol. The number of aliphatic carboxylic acids is 1. The van der Waals surface area contributed by atoms with Gasteiger partial charge in [-0.2, -0.15) is 0 Å². The molecule has 0 radical (unpaired) electrons. The van der Waals surface area contributed by atoms with E-state index in [9.17, 15) is 9.59 Å². The molecule has 6 heteroatoms. The second-order valence-corrected chi connectivity index (χ2v) is 3.79. The molecule has 96 valence electrons. The highest BCUT2D eigenvalue weighted by Gasteiger charge is 2.04. The van der Waals surface area contributed by atoms with Gasteiger partial charge in [0, 0.05) is 24.1 Å². The van der Waals surface area contributed by atoms with Crippen LogP contribution in [0.4, 0.5) is 5.69 Å². The number of hydrogen-bond acceptors (Lipinski definition) is 3. The Morgan fingerprint density at radius 1 is 1.22 bits per heavy atom. The number of carbonyl (C=O) groups excluding carboxylic acids is 1. The third-order valence-electron chi connectivity index (χ3n) is 2.27. The van der Waals surface area contributed by atoms with Crippen molar-refractivity contribution in [3.63, 3.8) is 0 Å². The summed E-state index contributed by atoms with van der Waals surface area (Å²) in [5.74, 6) is -1.17. The van der Waals surface area contributed by atoms with Crippen molar-refractivity contribution in [3.8, 4) is 0 Å². The smallest absolute Gasteiger partial charge is 0.303 e. The minimum atomic E-state index is -0.909. The van der Waals surface area contributed by atoms with Crippen molar-refractivity contribution >= 4 is 23.4 Å². The molecule has 0 fully saturated rings. The van der Waals surface area contributed by atoms with E-state index in [1.54, 1.807) is 24.3 Å². The maximum Gasteiger partial charge on any atom is 0.303 e. The predicted molar refractivity (Wildman–Crippen MR) is 67.6 cm³/mol. The van der Waals surface area contributed by atoms with Crippen molar-refractivity contribution in [1.29, 1.82) is 5.41 Å². The van der Waals surface area contributed by atoms with E-state index in [-0.39, 0.29) is 24.6 Å². The van der Waals surface area contributed by atoms with Crippen LogP contribution in [0.25, 0.3) is 0 Å². The number of anilines is 1. The lowest BCUT2D eigenvalue weighted by Crippen LogP contribution is -2.13. The van der Waals surface area contributed by atoms with Gasteiger partial charge in [0.2, 0.25) is 5.91 Å². The minimum Gasteiger partial charge on any atom is -0.481 e. The zero-order valence-electron chi connectivity index (χ0n) is 9.77. The average molecular weight is 249 g/mol. The van der Waals surface area contributed by atoms with Crippen molar-refractivity contribution in [2.24, 2.45) is 5.73 Å². The summed E-state index contributed by atoms with van der Waals surface area (Å²) in [6.45, 7) is 0. The van der Waals surface area contributed by atoms with Gasteiger partial charge in [-0.1, -0.05) is 0 Å². The van der Waals surface area contributed by atoms with Crippen LogP contribution < -0.4 is 11.1 Å². The zero-order valence-corrected chi connectivity index (χ0v) is 9.77. The number of amides is 1. The van der Waals surface area contributed by atoms with Crippen LogP contribution >= 0.6 is 0 Å². The molecule has 0 unspecified atom stereocenters. The number of nitrogens with one attached hydrogen (secondary N) is 2. The van der Waals surface area contributed by atoms with E-state index in [2.05, 4.69) is 5.32 Å². The molecule has 0 spiro atoms. The van der Waals surface area contributed by atoms with Gasteiger partial charge in [-0.3, -0.25) is 15.0 Å². The summed E-state index contributed by atoms with van der Waals surface area (Å²) < 4.78 is 0. The van der Waals surface area contributed by atoms with Gasteiger partial charge in [-0.25, -0.2) is 0 Å². The first-order valence-electron chi connectivity index (χ1n) is 5.45. The largest absolute Gasteiger partial charge is 0.481 e. The topological polar surface area (TPSA) is 116 Å². The van der Waals surface area contributed by atoms with Crippen molar-refractivity contribution in [3.05, 3.63) is 29.8 Å². The third-order valence-corrected chi connectivity index (χ3v) is 2.27. The van der Waals surface area contributed by atoms with Gasteiger partial charge in [0.1, 0.15) is 5.84 Å². The molecule has 0 aromatic heterocycles. The number of nitrogen functional groups attached to an aromatic ring is 1. The van der Waals surface area contributed by atoms with Crippen LogP contribution in [-0.2, 0) is 9.59 Å². The lowest BCUT2D eigenvalue weighted by atomic mass is 10.2. The van der Waals surface area contributed by atoms with E-state index < -0.39 is 5.97 Å². The number of benzene rings is 1. The maximum absolute atomic E-state index is 11.4. The molecule has 1 rings (SSSR count). The number of carboxylic acid groups (broad SMARTS) is 1. The fraction of sp³-hybridized carbons (Fsp3) is 0.250. The molecule has 0 atom stereocenters. The standard InChI is InChI=1S/C12H15N3O3/c13-12(14)8-4-6-9(7-5-8)15-10(16)2-1-3-11(17)18/h4-7H,1-3H2,(H3,13,14)(H,15,16)(H,17,18).